The summed E-state index contributed by atoms with van der Waals surface area (Å²) in [6.45, 7) is 0.981. The van der Waals surface area contributed by atoms with Gasteiger partial charge in [0.15, 0.2) is 5.75 Å². The summed E-state index contributed by atoms with van der Waals surface area (Å²) in [4.78, 5) is 29.2. The van der Waals surface area contributed by atoms with Crippen LogP contribution in [-0.2, 0) is 9.59 Å². The predicted molar refractivity (Wildman–Crippen MR) is 122 cm³/mol. The van der Waals surface area contributed by atoms with Gasteiger partial charge in [-0.15, -0.1) is 0 Å². The number of carbonyl (C=O) groups excluding carboxylic acids is 2. The molecule has 32 heavy (non-hydrogen) atoms. The molecule has 3 rings (SSSR count). The predicted octanol–water partition coefficient (Wildman–Crippen LogP) is 4.51. The molecule has 0 bridgehead atoms. The summed E-state index contributed by atoms with van der Waals surface area (Å²) in [6.07, 6.45) is 0.609. The van der Waals surface area contributed by atoms with Crippen molar-refractivity contribution in [3.05, 3.63) is 69.0 Å². The van der Waals surface area contributed by atoms with E-state index in [1.54, 1.807) is 0 Å². The fourth-order valence-corrected chi connectivity index (χ4v) is 4.35. The summed E-state index contributed by atoms with van der Waals surface area (Å²) in [6, 6.07) is 7.41. The molecule has 1 atom stereocenters. The van der Waals surface area contributed by atoms with Crippen LogP contribution in [0, 0.1) is 5.82 Å². The van der Waals surface area contributed by atoms with E-state index in [-0.39, 0.29) is 33.5 Å². The number of amides is 1. The summed E-state index contributed by atoms with van der Waals surface area (Å²) >= 11 is 12.4. The molecule has 0 radical (unpaired) electrons. The Labute approximate surface area is 195 Å². The maximum Gasteiger partial charge on any atom is 0.295 e. The maximum atomic E-state index is 13.5. The number of hydrogen-bond donors (Lipinski definition) is 1. The molecule has 1 unspecified atom stereocenters. The maximum absolute atomic E-state index is 13.5. The second-order valence-electron chi connectivity index (χ2n) is 7.67. The number of hydrogen-bond acceptors (Lipinski definition) is 5. The van der Waals surface area contributed by atoms with Crippen molar-refractivity contribution in [3.63, 3.8) is 0 Å². The first-order valence-electron chi connectivity index (χ1n) is 9.87. The Balaban J connectivity index is 2.13. The molecule has 0 spiro atoms. The van der Waals surface area contributed by atoms with Crippen molar-refractivity contribution >= 4 is 40.7 Å². The van der Waals surface area contributed by atoms with Crippen molar-refractivity contribution in [2.45, 2.75) is 12.5 Å². The first-order chi connectivity index (χ1) is 15.1. The highest BCUT2D eigenvalue weighted by atomic mass is 35.5. The van der Waals surface area contributed by atoms with Crippen LogP contribution in [0.1, 0.15) is 23.6 Å². The van der Waals surface area contributed by atoms with Crippen molar-refractivity contribution in [2.24, 2.45) is 0 Å². The lowest BCUT2D eigenvalue weighted by Gasteiger charge is -2.26. The molecule has 2 aromatic carbocycles. The molecule has 6 nitrogen and oxygen atoms in total. The number of methoxy groups -OCH3 is 1. The minimum absolute atomic E-state index is 0.108. The molecule has 1 fully saturated rings. The van der Waals surface area contributed by atoms with Gasteiger partial charge in [0.05, 0.1) is 28.8 Å². The first-order valence-corrected chi connectivity index (χ1v) is 10.6. The lowest BCUT2D eigenvalue weighted by molar-refractivity contribution is -0.139. The van der Waals surface area contributed by atoms with Crippen molar-refractivity contribution < 1.29 is 23.8 Å². The van der Waals surface area contributed by atoms with Gasteiger partial charge in [-0.1, -0.05) is 35.3 Å². The van der Waals surface area contributed by atoms with Crippen LogP contribution >= 0.6 is 23.2 Å². The zero-order valence-electron chi connectivity index (χ0n) is 17.9. The third kappa shape index (κ3) is 4.75. The highest BCUT2D eigenvalue weighted by molar-refractivity contribution is 6.46. The van der Waals surface area contributed by atoms with Gasteiger partial charge in [0.2, 0.25) is 0 Å². The Morgan fingerprint density at radius 2 is 1.75 bits per heavy atom. The normalized spacial score (nSPS) is 18.0. The standard InChI is InChI=1S/C23H23Cl2FN2O4/c1-27(2)9-4-10-28-19(13-5-7-15(26)8-6-13)18(21(30)23(28)31)20(29)14-11-16(24)22(32-3)17(25)12-14/h5-8,11-12,19,29H,4,9-10H2,1-3H3/b20-18+. The van der Waals surface area contributed by atoms with Crippen LogP contribution < -0.4 is 4.74 Å². The smallest absolute Gasteiger partial charge is 0.295 e. The average molecular weight is 481 g/mol. The van der Waals surface area contributed by atoms with Crippen LogP contribution in [0.5, 0.6) is 5.75 Å². The van der Waals surface area contributed by atoms with Gasteiger partial charge in [0.25, 0.3) is 11.7 Å². The molecule has 1 saturated heterocycles. The lowest BCUT2D eigenvalue weighted by atomic mass is 9.95. The third-order valence-electron chi connectivity index (χ3n) is 5.21. The van der Waals surface area contributed by atoms with Crippen molar-refractivity contribution in [3.8, 4) is 5.75 Å². The van der Waals surface area contributed by atoms with Crippen LogP contribution in [-0.4, -0.2) is 60.9 Å². The molecular formula is C23H23Cl2FN2O4. The molecule has 0 aliphatic carbocycles. The molecule has 1 N–H and O–H groups in total. The van der Waals surface area contributed by atoms with Crippen molar-refractivity contribution in [1.29, 1.82) is 0 Å². The van der Waals surface area contributed by atoms with Crippen LogP contribution in [0.2, 0.25) is 10.0 Å². The van der Waals surface area contributed by atoms with Crippen LogP contribution in [0.3, 0.4) is 0 Å². The van der Waals surface area contributed by atoms with Gasteiger partial charge < -0.3 is 19.6 Å². The van der Waals surface area contributed by atoms with E-state index in [9.17, 15) is 19.1 Å². The van der Waals surface area contributed by atoms with Gasteiger partial charge in [0.1, 0.15) is 11.6 Å². The Morgan fingerprint density at radius 3 is 2.28 bits per heavy atom. The van der Waals surface area contributed by atoms with Gasteiger partial charge in [-0.25, -0.2) is 4.39 Å². The number of benzene rings is 2. The van der Waals surface area contributed by atoms with E-state index in [2.05, 4.69) is 0 Å². The Morgan fingerprint density at radius 1 is 1.16 bits per heavy atom. The molecule has 1 heterocycles. The number of rotatable bonds is 7. The van der Waals surface area contributed by atoms with E-state index in [0.29, 0.717) is 18.5 Å². The zero-order valence-corrected chi connectivity index (χ0v) is 19.4. The number of nitrogens with zero attached hydrogens (tertiary/aromatic N) is 2. The molecular weight excluding hydrogens is 458 g/mol. The first kappa shape index (κ1) is 24.0. The molecule has 9 heteroatoms. The zero-order chi connectivity index (χ0) is 23.6. The Bertz CT molecular complexity index is 1050. The van der Waals surface area contributed by atoms with Gasteiger partial charge in [-0.2, -0.15) is 0 Å². The van der Waals surface area contributed by atoms with E-state index in [4.69, 9.17) is 27.9 Å². The average Bonchev–Trinajstić information content (AvgIpc) is 2.98. The van der Waals surface area contributed by atoms with Gasteiger partial charge in [-0.05, 0) is 56.9 Å². The van der Waals surface area contributed by atoms with Crippen molar-refractivity contribution in [1.82, 2.24) is 9.80 Å². The quantitative estimate of drug-likeness (QED) is 0.358. The number of carbonyl (C=O) groups is 2. The van der Waals surface area contributed by atoms with Crippen LogP contribution in [0.4, 0.5) is 4.39 Å². The van der Waals surface area contributed by atoms with Crippen LogP contribution in [0.25, 0.3) is 5.76 Å². The number of ether oxygens (including phenoxy) is 1. The Hall–Kier alpha value is -2.61. The summed E-state index contributed by atoms with van der Waals surface area (Å²) in [5.41, 5.74) is 0.561. The van der Waals surface area contributed by atoms with Crippen molar-refractivity contribution in [2.75, 3.05) is 34.3 Å². The SMILES string of the molecule is COc1c(Cl)cc(/C(O)=C2\C(=O)C(=O)N(CCCN(C)C)C2c2ccc(F)cc2)cc1Cl. The molecule has 0 saturated carbocycles. The summed E-state index contributed by atoms with van der Waals surface area (Å²) in [5, 5.41) is 11.4. The summed E-state index contributed by atoms with van der Waals surface area (Å²) in [5.74, 6) is -2.20. The van der Waals surface area contributed by atoms with Gasteiger partial charge in [0, 0.05) is 12.1 Å². The second kappa shape index (κ2) is 9.90. The number of ketones is 1. The number of Topliss-reactive ketones (excluding diaryl/α,β-unsaturated/α-hetero) is 1. The second-order valence-corrected chi connectivity index (χ2v) is 8.49. The molecule has 0 aromatic heterocycles. The highest BCUT2D eigenvalue weighted by Crippen LogP contribution is 2.42. The minimum atomic E-state index is -0.877. The van der Waals surface area contributed by atoms with Gasteiger partial charge >= 0.3 is 0 Å². The third-order valence-corrected chi connectivity index (χ3v) is 5.77. The minimum Gasteiger partial charge on any atom is -0.507 e. The lowest BCUT2D eigenvalue weighted by Crippen LogP contribution is -2.32. The number of aliphatic hydroxyl groups excluding tert-OH is 1. The number of halogens is 3. The fourth-order valence-electron chi connectivity index (χ4n) is 3.71. The molecule has 2 aromatic rings. The van der Waals surface area contributed by atoms with E-state index >= 15 is 0 Å². The molecule has 1 amide bonds. The summed E-state index contributed by atoms with van der Waals surface area (Å²) in [7, 11) is 5.21. The van der Waals surface area contributed by atoms with Crippen LogP contribution in [0.15, 0.2) is 42.0 Å². The largest absolute Gasteiger partial charge is 0.507 e. The molecule has 170 valence electrons. The number of likely N-dealkylation sites (tertiary alicyclic amines) is 1. The monoisotopic (exact) mass is 480 g/mol. The van der Waals surface area contributed by atoms with E-state index in [1.807, 2.05) is 19.0 Å². The Kier molecular flexibility index (Phi) is 7.44. The van der Waals surface area contributed by atoms with E-state index < -0.39 is 29.3 Å². The fraction of sp³-hybridized carbons (Fsp3) is 0.304. The van der Waals surface area contributed by atoms with E-state index in [0.717, 1.165) is 0 Å². The summed E-state index contributed by atoms with van der Waals surface area (Å²) < 4.78 is 18.7. The molecule has 1 aliphatic heterocycles. The van der Waals surface area contributed by atoms with Gasteiger partial charge in [-0.3, -0.25) is 9.59 Å². The number of aliphatic hydroxyl groups is 1. The molecule has 1 aliphatic rings. The van der Waals surface area contributed by atoms with E-state index in [1.165, 1.54) is 48.4 Å². The highest BCUT2D eigenvalue weighted by Gasteiger charge is 2.45. The topological polar surface area (TPSA) is 70.1 Å².